The van der Waals surface area contributed by atoms with Gasteiger partial charge in [0.25, 0.3) is 0 Å². The van der Waals surface area contributed by atoms with Gasteiger partial charge in [0, 0.05) is 23.2 Å². The summed E-state index contributed by atoms with van der Waals surface area (Å²) in [5.41, 5.74) is 3.29. The van der Waals surface area contributed by atoms with Crippen LogP contribution in [0.3, 0.4) is 0 Å². The van der Waals surface area contributed by atoms with Crippen LogP contribution in [-0.2, 0) is 4.74 Å². The summed E-state index contributed by atoms with van der Waals surface area (Å²) in [6.45, 7) is 2.17. The molecule has 2 aromatic rings. The van der Waals surface area contributed by atoms with Crippen LogP contribution in [0, 0.1) is 5.92 Å². The molecule has 1 heterocycles. The van der Waals surface area contributed by atoms with Gasteiger partial charge in [-0.25, -0.2) is 0 Å². The van der Waals surface area contributed by atoms with Crippen LogP contribution in [0.1, 0.15) is 18.9 Å². The average molecular weight is 373 g/mol. The molecule has 0 amide bonds. The Morgan fingerprint density at radius 1 is 0.923 bits per heavy atom. The molecular formula is C20H23NO4S. The molecule has 1 aliphatic rings. The molecule has 1 aromatic carbocycles. The predicted octanol–water partition coefficient (Wildman–Crippen LogP) is 4.79. The van der Waals surface area contributed by atoms with E-state index in [1.54, 1.807) is 28.4 Å². The molecule has 1 unspecified atom stereocenters. The zero-order valence-electron chi connectivity index (χ0n) is 15.7. The van der Waals surface area contributed by atoms with Gasteiger partial charge in [-0.1, -0.05) is 13.0 Å². The quantitative estimate of drug-likeness (QED) is 0.729. The third kappa shape index (κ3) is 3.17. The van der Waals surface area contributed by atoms with Crippen molar-refractivity contribution in [3.05, 3.63) is 41.8 Å². The third-order valence-corrected chi connectivity index (χ3v) is 5.39. The summed E-state index contributed by atoms with van der Waals surface area (Å²) in [4.78, 5) is 1.05. The number of benzene rings is 1. The molecule has 0 radical (unpaired) electrons. The Labute approximate surface area is 158 Å². The summed E-state index contributed by atoms with van der Waals surface area (Å²) in [6.07, 6.45) is 6.97. The van der Waals surface area contributed by atoms with E-state index in [1.165, 1.54) is 17.1 Å². The van der Waals surface area contributed by atoms with Crippen molar-refractivity contribution in [2.24, 2.45) is 5.92 Å². The number of rotatable bonds is 6. The second-order valence-corrected chi connectivity index (χ2v) is 6.82. The maximum absolute atomic E-state index is 5.65. The highest BCUT2D eigenvalue weighted by atomic mass is 32.1. The molecular weight excluding hydrogens is 350 g/mol. The zero-order chi connectivity index (χ0) is 18.7. The van der Waals surface area contributed by atoms with E-state index in [1.807, 2.05) is 24.4 Å². The Kier molecular flexibility index (Phi) is 5.52. The van der Waals surface area contributed by atoms with E-state index in [0.29, 0.717) is 23.2 Å². The van der Waals surface area contributed by atoms with E-state index < -0.39 is 0 Å². The van der Waals surface area contributed by atoms with E-state index in [4.69, 9.17) is 18.9 Å². The maximum Gasteiger partial charge on any atom is 0.203 e. The fraction of sp³-hybridized carbons (Fsp3) is 0.350. The Hall–Kier alpha value is -2.47. The molecule has 3 rings (SSSR count). The Morgan fingerprint density at radius 2 is 1.69 bits per heavy atom. The normalized spacial score (nSPS) is 16.6. The number of nitrogens with zero attached hydrogens (tertiary/aromatic N) is 1. The number of allylic oxidation sites excluding steroid dienone is 4. The van der Waals surface area contributed by atoms with Crippen LogP contribution >= 0.6 is 11.5 Å². The van der Waals surface area contributed by atoms with Crippen molar-refractivity contribution in [3.63, 3.8) is 0 Å². The van der Waals surface area contributed by atoms with Gasteiger partial charge in [-0.05, 0) is 41.7 Å². The van der Waals surface area contributed by atoms with Gasteiger partial charge >= 0.3 is 0 Å². The molecule has 0 N–H and O–H groups in total. The van der Waals surface area contributed by atoms with Gasteiger partial charge in [0.1, 0.15) is 0 Å². The van der Waals surface area contributed by atoms with E-state index in [-0.39, 0.29) is 0 Å². The largest absolute Gasteiger partial charge is 0.501 e. The van der Waals surface area contributed by atoms with Crippen molar-refractivity contribution >= 4 is 17.1 Å². The first-order valence-electron chi connectivity index (χ1n) is 8.33. The number of hydrogen-bond donors (Lipinski definition) is 0. The van der Waals surface area contributed by atoms with Crippen molar-refractivity contribution in [1.82, 2.24) is 4.37 Å². The van der Waals surface area contributed by atoms with Gasteiger partial charge in [0.2, 0.25) is 5.75 Å². The molecule has 0 bridgehead atoms. The maximum atomic E-state index is 5.65. The number of hydrogen-bond acceptors (Lipinski definition) is 6. The first kappa shape index (κ1) is 18.3. The lowest BCUT2D eigenvalue weighted by molar-refractivity contribution is 0.247. The van der Waals surface area contributed by atoms with Gasteiger partial charge in [0.15, 0.2) is 11.5 Å². The standard InChI is InChI=1S/C20H23NO4S/c1-12-10-13(6-8-16(12)22-2)15-11-21-26-20(15)14-7-9-17(23-3)19(25-5)18(14)24-4/h6-9,11-12H,10H2,1-5H3. The third-order valence-electron chi connectivity index (χ3n) is 4.56. The van der Waals surface area contributed by atoms with Crippen LogP contribution < -0.4 is 14.2 Å². The molecule has 1 atom stereocenters. The number of ether oxygens (including phenoxy) is 4. The van der Waals surface area contributed by atoms with Crippen molar-refractivity contribution in [2.75, 3.05) is 28.4 Å². The summed E-state index contributed by atoms with van der Waals surface area (Å²) < 4.78 is 26.4. The zero-order valence-corrected chi connectivity index (χ0v) is 16.5. The van der Waals surface area contributed by atoms with Crippen molar-refractivity contribution in [2.45, 2.75) is 13.3 Å². The number of methoxy groups -OCH3 is 4. The SMILES string of the molecule is COC1=CC=C(c2cnsc2-c2ccc(OC)c(OC)c2OC)CC1C. The fourth-order valence-corrected chi connectivity index (χ4v) is 4.06. The average Bonchev–Trinajstić information content (AvgIpc) is 3.16. The minimum Gasteiger partial charge on any atom is -0.501 e. The van der Waals surface area contributed by atoms with E-state index >= 15 is 0 Å². The van der Waals surface area contributed by atoms with Crippen molar-refractivity contribution in [1.29, 1.82) is 0 Å². The first-order valence-corrected chi connectivity index (χ1v) is 9.11. The molecule has 0 spiro atoms. The van der Waals surface area contributed by atoms with Gasteiger partial charge in [0.05, 0.1) is 39.1 Å². The van der Waals surface area contributed by atoms with Crippen LogP contribution in [0.15, 0.2) is 36.2 Å². The molecule has 5 nitrogen and oxygen atoms in total. The number of aromatic nitrogens is 1. The molecule has 1 aliphatic carbocycles. The lowest BCUT2D eigenvalue weighted by Gasteiger charge is -2.21. The predicted molar refractivity (Wildman–Crippen MR) is 104 cm³/mol. The second kappa shape index (κ2) is 7.83. The van der Waals surface area contributed by atoms with Gasteiger partial charge in [-0.3, -0.25) is 0 Å². The molecule has 0 aliphatic heterocycles. The molecule has 1 aromatic heterocycles. The van der Waals surface area contributed by atoms with E-state index in [2.05, 4.69) is 17.4 Å². The fourth-order valence-electron chi connectivity index (χ4n) is 3.26. The van der Waals surface area contributed by atoms with Crippen LogP contribution in [-0.4, -0.2) is 32.8 Å². The highest BCUT2D eigenvalue weighted by Gasteiger charge is 2.24. The van der Waals surface area contributed by atoms with Crippen LogP contribution in [0.25, 0.3) is 16.0 Å². The van der Waals surface area contributed by atoms with Crippen molar-refractivity contribution < 1.29 is 18.9 Å². The smallest absolute Gasteiger partial charge is 0.203 e. The molecule has 0 fully saturated rings. The monoisotopic (exact) mass is 373 g/mol. The topological polar surface area (TPSA) is 49.8 Å². The summed E-state index contributed by atoms with van der Waals surface area (Å²) in [5.74, 6) is 3.20. The molecule has 26 heavy (non-hydrogen) atoms. The highest BCUT2D eigenvalue weighted by molar-refractivity contribution is 7.10. The molecule has 0 saturated heterocycles. The van der Waals surface area contributed by atoms with E-state index in [0.717, 1.165) is 28.2 Å². The Bertz CT molecular complexity index is 853. The Morgan fingerprint density at radius 3 is 2.31 bits per heavy atom. The van der Waals surface area contributed by atoms with Gasteiger partial charge < -0.3 is 18.9 Å². The van der Waals surface area contributed by atoms with Gasteiger partial charge in [-0.2, -0.15) is 4.37 Å². The molecule has 6 heteroatoms. The summed E-state index contributed by atoms with van der Waals surface area (Å²) in [6, 6.07) is 3.88. The van der Waals surface area contributed by atoms with Crippen LogP contribution in [0.2, 0.25) is 0 Å². The van der Waals surface area contributed by atoms with Gasteiger partial charge in [-0.15, -0.1) is 0 Å². The summed E-state index contributed by atoms with van der Waals surface area (Å²) in [5, 5.41) is 0. The second-order valence-electron chi connectivity index (χ2n) is 6.02. The highest BCUT2D eigenvalue weighted by Crippen LogP contribution is 2.48. The lowest BCUT2D eigenvalue weighted by atomic mass is 9.89. The lowest BCUT2D eigenvalue weighted by Crippen LogP contribution is -2.06. The van der Waals surface area contributed by atoms with E-state index in [9.17, 15) is 0 Å². The Balaban J connectivity index is 2.10. The minimum absolute atomic E-state index is 0.333. The van der Waals surface area contributed by atoms with Crippen LogP contribution in [0.4, 0.5) is 0 Å². The van der Waals surface area contributed by atoms with Crippen LogP contribution in [0.5, 0.6) is 17.2 Å². The molecule has 0 saturated carbocycles. The minimum atomic E-state index is 0.333. The summed E-state index contributed by atoms with van der Waals surface area (Å²) in [7, 11) is 6.58. The summed E-state index contributed by atoms with van der Waals surface area (Å²) >= 11 is 1.45. The van der Waals surface area contributed by atoms with Crippen molar-refractivity contribution in [3.8, 4) is 27.7 Å². The molecule has 138 valence electrons. The first-order chi connectivity index (χ1) is 12.6.